The Bertz CT molecular complexity index is 338. The Balaban J connectivity index is 2.37. The number of hydrogen-bond donors (Lipinski definition) is 2. The molecule has 15 heavy (non-hydrogen) atoms. The van der Waals surface area contributed by atoms with Crippen LogP contribution >= 0.6 is 11.6 Å². The molecule has 0 aliphatic heterocycles. The largest absolute Gasteiger partial charge is 0.395 e. The van der Waals surface area contributed by atoms with Crippen molar-refractivity contribution in [1.29, 1.82) is 0 Å². The van der Waals surface area contributed by atoms with Crippen molar-refractivity contribution in [2.24, 2.45) is 0 Å². The molecular weight excluding hydrogens is 218 g/mol. The number of carbonyl (C=O) groups excluding carboxylic acids is 1. The van der Waals surface area contributed by atoms with Gasteiger partial charge in [0.1, 0.15) is 0 Å². The number of nitrogens with zero attached hydrogens (tertiary/aromatic N) is 2. The maximum Gasteiger partial charge on any atom is 0.221 e. The minimum absolute atomic E-state index is 0.0433. The van der Waals surface area contributed by atoms with Gasteiger partial charge in [-0.25, -0.2) is 0 Å². The third-order valence-corrected chi connectivity index (χ3v) is 2.40. The normalized spacial score (nSPS) is 10.3. The summed E-state index contributed by atoms with van der Waals surface area (Å²) in [5.41, 5.74) is 0.853. The summed E-state index contributed by atoms with van der Waals surface area (Å²) < 4.78 is 1.68. The van der Waals surface area contributed by atoms with Gasteiger partial charge in [0, 0.05) is 13.0 Å². The molecule has 0 aliphatic carbocycles. The van der Waals surface area contributed by atoms with E-state index in [1.807, 2.05) is 6.92 Å². The van der Waals surface area contributed by atoms with Crippen molar-refractivity contribution in [3.8, 4) is 0 Å². The zero-order valence-corrected chi connectivity index (χ0v) is 9.29. The number of nitrogens with one attached hydrogen (secondary N) is 1. The molecule has 1 amide bonds. The number of aliphatic hydroxyl groups excluding tert-OH is 1. The van der Waals surface area contributed by atoms with Gasteiger partial charge < -0.3 is 10.4 Å². The highest BCUT2D eigenvalue weighted by Crippen LogP contribution is 2.13. The Morgan fingerprint density at radius 3 is 3.00 bits per heavy atom. The zero-order chi connectivity index (χ0) is 11.3. The van der Waals surface area contributed by atoms with E-state index in [-0.39, 0.29) is 19.1 Å². The summed E-state index contributed by atoms with van der Waals surface area (Å²) in [7, 11) is 0. The highest BCUT2D eigenvalue weighted by Gasteiger charge is 2.06. The Hall–Kier alpha value is -1.07. The Labute approximate surface area is 93.0 Å². The van der Waals surface area contributed by atoms with Crippen molar-refractivity contribution < 1.29 is 9.90 Å². The molecule has 0 unspecified atom stereocenters. The molecule has 1 aromatic heterocycles. The maximum absolute atomic E-state index is 11.2. The van der Waals surface area contributed by atoms with Crippen LogP contribution in [0.2, 0.25) is 5.02 Å². The van der Waals surface area contributed by atoms with Crippen LogP contribution in [0, 0.1) is 6.92 Å². The van der Waals surface area contributed by atoms with E-state index in [9.17, 15) is 4.79 Å². The summed E-state index contributed by atoms with van der Waals surface area (Å²) in [5.74, 6) is -0.102. The van der Waals surface area contributed by atoms with Crippen LogP contribution in [-0.2, 0) is 11.3 Å². The van der Waals surface area contributed by atoms with Gasteiger partial charge in [0.15, 0.2) is 0 Å². The van der Waals surface area contributed by atoms with E-state index in [1.54, 1.807) is 10.9 Å². The number of aliphatic hydroxyl groups is 1. The van der Waals surface area contributed by atoms with Crippen LogP contribution in [0.1, 0.15) is 12.1 Å². The van der Waals surface area contributed by atoms with Gasteiger partial charge in [0.2, 0.25) is 5.91 Å². The third-order valence-electron chi connectivity index (χ3n) is 2.03. The van der Waals surface area contributed by atoms with Gasteiger partial charge in [-0.3, -0.25) is 9.48 Å². The molecule has 1 aromatic rings. The Morgan fingerprint density at radius 1 is 1.73 bits per heavy atom. The first-order valence-electron chi connectivity index (χ1n) is 4.70. The molecule has 0 atom stereocenters. The van der Waals surface area contributed by atoms with Crippen molar-refractivity contribution in [3.05, 3.63) is 16.9 Å². The molecule has 1 rings (SSSR count). The molecule has 0 spiro atoms. The van der Waals surface area contributed by atoms with Crippen molar-refractivity contribution >= 4 is 17.5 Å². The van der Waals surface area contributed by atoms with Crippen LogP contribution in [0.15, 0.2) is 6.20 Å². The fraction of sp³-hybridized carbons (Fsp3) is 0.556. The number of rotatable bonds is 5. The van der Waals surface area contributed by atoms with Gasteiger partial charge in [-0.15, -0.1) is 0 Å². The van der Waals surface area contributed by atoms with E-state index in [4.69, 9.17) is 16.7 Å². The van der Waals surface area contributed by atoms with Gasteiger partial charge in [0.25, 0.3) is 0 Å². The minimum Gasteiger partial charge on any atom is -0.395 e. The van der Waals surface area contributed by atoms with Gasteiger partial charge >= 0.3 is 0 Å². The molecule has 1 heterocycles. The molecule has 0 fully saturated rings. The van der Waals surface area contributed by atoms with Crippen LogP contribution in [0.5, 0.6) is 0 Å². The SMILES string of the molecule is Cc1c(Cl)cnn1CCC(=O)NCCO. The van der Waals surface area contributed by atoms with Gasteiger partial charge in [-0.2, -0.15) is 5.10 Å². The summed E-state index contributed by atoms with van der Waals surface area (Å²) in [6.07, 6.45) is 1.89. The van der Waals surface area contributed by atoms with Crippen molar-refractivity contribution in [3.63, 3.8) is 0 Å². The molecule has 5 nitrogen and oxygen atoms in total. The van der Waals surface area contributed by atoms with E-state index >= 15 is 0 Å². The molecule has 84 valence electrons. The van der Waals surface area contributed by atoms with Gasteiger partial charge in [-0.05, 0) is 6.92 Å². The van der Waals surface area contributed by atoms with E-state index < -0.39 is 0 Å². The lowest BCUT2D eigenvalue weighted by Gasteiger charge is -2.05. The zero-order valence-electron chi connectivity index (χ0n) is 8.53. The number of aryl methyl sites for hydroxylation is 1. The Kier molecular flexibility index (Phi) is 4.58. The monoisotopic (exact) mass is 231 g/mol. The second-order valence-corrected chi connectivity index (χ2v) is 3.53. The summed E-state index contributed by atoms with van der Waals surface area (Å²) in [4.78, 5) is 11.2. The number of halogens is 1. The number of hydrogen-bond acceptors (Lipinski definition) is 3. The first-order chi connectivity index (χ1) is 7.15. The van der Waals surface area contributed by atoms with Crippen molar-refractivity contribution in [1.82, 2.24) is 15.1 Å². The predicted molar refractivity (Wildman–Crippen MR) is 56.7 cm³/mol. The average molecular weight is 232 g/mol. The number of aromatic nitrogens is 2. The summed E-state index contributed by atoms with van der Waals surface area (Å²) in [6.45, 7) is 2.59. The highest BCUT2D eigenvalue weighted by molar-refractivity contribution is 6.31. The topological polar surface area (TPSA) is 67.2 Å². The third kappa shape index (κ3) is 3.53. The molecule has 0 saturated carbocycles. The van der Waals surface area contributed by atoms with Crippen molar-refractivity contribution in [2.45, 2.75) is 19.9 Å². The molecule has 0 aliphatic rings. The summed E-state index contributed by atoms with van der Waals surface area (Å²) in [6, 6.07) is 0. The molecular formula is C9H14ClN3O2. The standard InChI is InChI=1S/C9H14ClN3O2/c1-7-8(10)6-12-13(7)4-2-9(15)11-3-5-14/h6,14H,2-5H2,1H3,(H,11,15). The quantitative estimate of drug-likeness (QED) is 0.768. The minimum atomic E-state index is -0.102. The van der Waals surface area contributed by atoms with Crippen LogP contribution in [0.3, 0.4) is 0 Å². The summed E-state index contributed by atoms with van der Waals surface area (Å²) >= 11 is 5.81. The van der Waals surface area contributed by atoms with Crippen molar-refractivity contribution in [2.75, 3.05) is 13.2 Å². The molecule has 6 heteroatoms. The lowest BCUT2D eigenvalue weighted by Crippen LogP contribution is -2.27. The predicted octanol–water partition coefficient (Wildman–Crippen LogP) is 0.344. The molecule has 2 N–H and O–H groups in total. The lowest BCUT2D eigenvalue weighted by atomic mass is 10.4. The smallest absolute Gasteiger partial charge is 0.221 e. The van der Waals surface area contributed by atoms with E-state index in [2.05, 4.69) is 10.4 Å². The number of carbonyl (C=O) groups is 1. The molecule has 0 radical (unpaired) electrons. The van der Waals surface area contributed by atoms with Crippen LogP contribution < -0.4 is 5.32 Å². The molecule has 0 aromatic carbocycles. The van der Waals surface area contributed by atoms with E-state index in [1.165, 1.54) is 0 Å². The lowest BCUT2D eigenvalue weighted by molar-refractivity contribution is -0.121. The highest BCUT2D eigenvalue weighted by atomic mass is 35.5. The maximum atomic E-state index is 11.2. The van der Waals surface area contributed by atoms with E-state index in [0.717, 1.165) is 5.69 Å². The van der Waals surface area contributed by atoms with Gasteiger partial charge in [0.05, 0.1) is 30.1 Å². The Morgan fingerprint density at radius 2 is 2.47 bits per heavy atom. The average Bonchev–Trinajstić information content (AvgIpc) is 2.54. The second kappa shape index (κ2) is 5.72. The fourth-order valence-corrected chi connectivity index (χ4v) is 1.28. The molecule has 0 bridgehead atoms. The van der Waals surface area contributed by atoms with Crippen LogP contribution in [0.4, 0.5) is 0 Å². The van der Waals surface area contributed by atoms with Crippen LogP contribution in [-0.4, -0.2) is 33.9 Å². The summed E-state index contributed by atoms with van der Waals surface area (Å²) in [5, 5.41) is 15.7. The second-order valence-electron chi connectivity index (χ2n) is 3.12. The fourth-order valence-electron chi connectivity index (χ4n) is 1.14. The molecule has 0 saturated heterocycles. The first kappa shape index (κ1) is 12.0. The van der Waals surface area contributed by atoms with Gasteiger partial charge in [-0.1, -0.05) is 11.6 Å². The van der Waals surface area contributed by atoms with E-state index in [0.29, 0.717) is 18.0 Å². The first-order valence-corrected chi connectivity index (χ1v) is 5.08. The number of amides is 1. The van der Waals surface area contributed by atoms with Crippen LogP contribution in [0.25, 0.3) is 0 Å².